The fourth-order valence-corrected chi connectivity index (χ4v) is 3.97. The second-order valence-electron chi connectivity index (χ2n) is 7.05. The van der Waals surface area contributed by atoms with Crippen LogP contribution in [0, 0.1) is 0 Å². The fourth-order valence-electron chi connectivity index (χ4n) is 3.97. The molecule has 144 valence electrons. The first-order valence-corrected chi connectivity index (χ1v) is 8.45. The monoisotopic (exact) mass is 386 g/mol. The average molecular weight is 386 g/mol. The summed E-state index contributed by atoms with van der Waals surface area (Å²) < 4.78 is 14.6. The summed E-state index contributed by atoms with van der Waals surface area (Å²) in [5.41, 5.74) is -4.56. The van der Waals surface area contributed by atoms with Gasteiger partial charge in [-0.25, -0.2) is 4.39 Å². The van der Waals surface area contributed by atoms with Crippen molar-refractivity contribution in [1.29, 1.82) is 0 Å². The van der Waals surface area contributed by atoms with E-state index in [1.807, 2.05) is 0 Å². The zero-order valence-corrected chi connectivity index (χ0v) is 14.6. The van der Waals surface area contributed by atoms with E-state index < -0.39 is 69.8 Å². The van der Waals surface area contributed by atoms with E-state index in [2.05, 4.69) is 0 Å². The predicted octanol–water partition coefficient (Wildman–Crippen LogP) is 1.12. The van der Waals surface area contributed by atoms with Gasteiger partial charge in [0.2, 0.25) is 0 Å². The highest BCUT2D eigenvalue weighted by molar-refractivity contribution is 6.30. The fraction of sp³-hybridized carbons (Fsp3) is 0.250. The zero-order chi connectivity index (χ0) is 20.5. The molecule has 0 fully saturated rings. The van der Waals surface area contributed by atoms with Crippen LogP contribution < -0.4 is 0 Å². The Hall–Kier alpha value is -3.10. The van der Waals surface area contributed by atoms with E-state index in [1.165, 1.54) is 24.3 Å². The first kappa shape index (κ1) is 18.3. The summed E-state index contributed by atoms with van der Waals surface area (Å²) in [6.45, 7) is 0.921. The third-order valence-electron chi connectivity index (χ3n) is 5.55. The summed E-state index contributed by atoms with van der Waals surface area (Å²) in [7, 11) is 0. The number of carbonyl (C=O) groups excluding carboxylic acids is 3. The standard InChI is InChI=1S/C20H15FO7/c1-7(22)20(28)6-10-11(18(27)19(20)21)17(26)13-12(16(10)25)14(23)8-4-2-3-5-9(8)15(13)24/h2-5,18-19,25-28H,6H2,1H3/t18?,19-,20+/m0/s1. The molecule has 0 amide bonds. The van der Waals surface area contributed by atoms with Crippen molar-refractivity contribution in [3.8, 4) is 11.5 Å². The lowest BCUT2D eigenvalue weighted by Gasteiger charge is -2.39. The number of carbonyl (C=O) groups is 3. The van der Waals surface area contributed by atoms with Crippen LogP contribution in [0.5, 0.6) is 11.5 Å². The summed E-state index contributed by atoms with van der Waals surface area (Å²) in [5, 5.41) is 42.0. The number of rotatable bonds is 1. The van der Waals surface area contributed by atoms with Crippen LogP contribution in [0.4, 0.5) is 4.39 Å². The number of hydrogen-bond donors (Lipinski definition) is 4. The van der Waals surface area contributed by atoms with Gasteiger partial charge in [0.25, 0.3) is 0 Å². The normalized spacial score (nSPS) is 25.7. The van der Waals surface area contributed by atoms with Crippen LogP contribution in [0.1, 0.15) is 56.0 Å². The number of phenolic OH excluding ortho intramolecular Hbond substituents is 2. The number of Topliss-reactive ketones (excluding diaryl/α,β-unsaturated/α-hetero) is 1. The van der Waals surface area contributed by atoms with Crippen molar-refractivity contribution in [2.75, 3.05) is 0 Å². The summed E-state index contributed by atoms with van der Waals surface area (Å²) >= 11 is 0. The van der Waals surface area contributed by atoms with Gasteiger partial charge in [-0.2, -0.15) is 0 Å². The lowest BCUT2D eigenvalue weighted by Crippen LogP contribution is -2.53. The van der Waals surface area contributed by atoms with E-state index in [4.69, 9.17) is 0 Å². The molecule has 2 aliphatic carbocycles. The quantitative estimate of drug-likeness (QED) is 0.461. The highest BCUT2D eigenvalue weighted by atomic mass is 19.1. The van der Waals surface area contributed by atoms with Crippen molar-refractivity contribution < 1.29 is 39.2 Å². The summed E-state index contributed by atoms with van der Waals surface area (Å²) in [5.74, 6) is -4.13. The number of aliphatic hydroxyl groups excluding tert-OH is 1. The van der Waals surface area contributed by atoms with E-state index in [-0.39, 0.29) is 16.7 Å². The third kappa shape index (κ3) is 2.07. The molecule has 2 aromatic carbocycles. The Morgan fingerprint density at radius 2 is 1.57 bits per heavy atom. The van der Waals surface area contributed by atoms with Crippen LogP contribution in [0.15, 0.2) is 24.3 Å². The van der Waals surface area contributed by atoms with Crippen LogP contribution >= 0.6 is 0 Å². The number of fused-ring (bicyclic) bond motifs is 3. The van der Waals surface area contributed by atoms with Crippen LogP contribution in [0.25, 0.3) is 0 Å². The zero-order valence-electron chi connectivity index (χ0n) is 14.6. The minimum absolute atomic E-state index is 0.00279. The predicted molar refractivity (Wildman–Crippen MR) is 92.3 cm³/mol. The maximum absolute atomic E-state index is 14.6. The SMILES string of the molecule is CC(=O)[C@]1(O)Cc2c(O)c3c(c(O)c2C(O)[C@@H]1F)C(=O)c1ccccc1C3=O. The number of phenols is 2. The van der Waals surface area contributed by atoms with E-state index in [0.717, 1.165) is 6.92 Å². The van der Waals surface area contributed by atoms with Crippen molar-refractivity contribution >= 4 is 17.3 Å². The maximum Gasteiger partial charge on any atom is 0.198 e. The highest BCUT2D eigenvalue weighted by Crippen LogP contribution is 2.51. The van der Waals surface area contributed by atoms with Crippen molar-refractivity contribution in [3.63, 3.8) is 0 Å². The Morgan fingerprint density at radius 1 is 1.07 bits per heavy atom. The van der Waals surface area contributed by atoms with E-state index in [0.29, 0.717) is 0 Å². The minimum atomic E-state index is -2.65. The summed E-state index contributed by atoms with van der Waals surface area (Å²) in [4.78, 5) is 37.5. The molecule has 0 radical (unpaired) electrons. The molecular weight excluding hydrogens is 371 g/mol. The lowest BCUT2D eigenvalue weighted by molar-refractivity contribution is -0.152. The molecule has 8 heteroatoms. The molecule has 0 spiro atoms. The van der Waals surface area contributed by atoms with Gasteiger partial charge in [0, 0.05) is 28.7 Å². The van der Waals surface area contributed by atoms with E-state index in [1.54, 1.807) is 0 Å². The Balaban J connectivity index is 2.06. The van der Waals surface area contributed by atoms with Gasteiger partial charge in [0.15, 0.2) is 29.1 Å². The van der Waals surface area contributed by atoms with Gasteiger partial charge < -0.3 is 20.4 Å². The second-order valence-corrected chi connectivity index (χ2v) is 7.05. The van der Waals surface area contributed by atoms with E-state index in [9.17, 15) is 39.2 Å². The van der Waals surface area contributed by atoms with Gasteiger partial charge in [-0.15, -0.1) is 0 Å². The number of alkyl halides is 1. The molecule has 4 N–H and O–H groups in total. The second kappa shape index (κ2) is 5.70. The first-order chi connectivity index (χ1) is 13.1. The van der Waals surface area contributed by atoms with E-state index >= 15 is 0 Å². The number of aromatic hydroxyl groups is 2. The van der Waals surface area contributed by atoms with Gasteiger partial charge in [0.1, 0.15) is 17.6 Å². The molecular formula is C20H15FO7. The largest absolute Gasteiger partial charge is 0.507 e. The van der Waals surface area contributed by atoms with Gasteiger partial charge in [0.05, 0.1) is 11.1 Å². The summed E-state index contributed by atoms with van der Waals surface area (Å²) in [6, 6.07) is 5.80. The first-order valence-electron chi connectivity index (χ1n) is 8.45. The minimum Gasteiger partial charge on any atom is -0.507 e. The van der Waals surface area contributed by atoms with Gasteiger partial charge >= 0.3 is 0 Å². The van der Waals surface area contributed by atoms with Crippen LogP contribution in [0.2, 0.25) is 0 Å². The van der Waals surface area contributed by atoms with Crippen LogP contribution in [0.3, 0.4) is 0 Å². The Kier molecular flexibility index (Phi) is 3.72. The molecule has 7 nitrogen and oxygen atoms in total. The molecule has 0 heterocycles. The molecule has 0 bridgehead atoms. The Bertz CT molecular complexity index is 1090. The average Bonchev–Trinajstić information content (AvgIpc) is 2.66. The number of hydrogen-bond acceptors (Lipinski definition) is 7. The molecule has 4 rings (SSSR count). The third-order valence-corrected chi connectivity index (χ3v) is 5.55. The molecule has 2 aliphatic rings. The van der Waals surface area contributed by atoms with Crippen molar-refractivity contribution in [2.45, 2.75) is 31.2 Å². The van der Waals surface area contributed by atoms with Crippen molar-refractivity contribution in [1.82, 2.24) is 0 Å². The maximum atomic E-state index is 14.6. The van der Waals surface area contributed by atoms with Gasteiger partial charge in [-0.1, -0.05) is 24.3 Å². The number of benzene rings is 2. The smallest absolute Gasteiger partial charge is 0.198 e. The molecule has 3 atom stereocenters. The molecule has 2 aromatic rings. The number of aliphatic hydroxyl groups is 2. The summed E-state index contributed by atoms with van der Waals surface area (Å²) in [6.07, 6.45) is -5.46. The van der Waals surface area contributed by atoms with Crippen molar-refractivity contribution in [3.05, 3.63) is 57.6 Å². The number of halogens is 1. The number of ketones is 3. The molecule has 1 unspecified atom stereocenters. The van der Waals surface area contributed by atoms with Crippen molar-refractivity contribution in [2.24, 2.45) is 0 Å². The highest BCUT2D eigenvalue weighted by Gasteiger charge is 2.53. The van der Waals surface area contributed by atoms with Crippen LogP contribution in [-0.2, 0) is 11.2 Å². The lowest BCUT2D eigenvalue weighted by atomic mass is 9.71. The van der Waals surface area contributed by atoms with Gasteiger partial charge in [-0.05, 0) is 6.92 Å². The molecule has 0 saturated heterocycles. The molecule has 0 saturated carbocycles. The van der Waals surface area contributed by atoms with Crippen LogP contribution in [-0.4, -0.2) is 49.5 Å². The molecule has 0 aliphatic heterocycles. The Labute approximate surface area is 157 Å². The Morgan fingerprint density at radius 3 is 2.07 bits per heavy atom. The topological polar surface area (TPSA) is 132 Å². The molecule has 28 heavy (non-hydrogen) atoms. The molecule has 0 aromatic heterocycles. The van der Waals surface area contributed by atoms with Gasteiger partial charge in [-0.3, -0.25) is 14.4 Å².